The summed E-state index contributed by atoms with van der Waals surface area (Å²) in [5.74, 6) is 1.71. The first-order valence-electron chi connectivity index (χ1n) is 10.0. The number of ether oxygens (including phenoxy) is 2. The maximum absolute atomic E-state index is 13.2. The maximum Gasteiger partial charge on any atom is 0.231 e. The van der Waals surface area contributed by atoms with Gasteiger partial charge in [0, 0.05) is 17.7 Å². The Hall–Kier alpha value is -3.14. The normalized spacial score (nSPS) is 15.9. The average Bonchev–Trinajstić information content (AvgIpc) is 3.41. The molecular formula is C25H23NO3. The second-order valence-corrected chi connectivity index (χ2v) is 8.06. The van der Waals surface area contributed by atoms with Crippen LogP contribution < -0.4 is 9.47 Å². The largest absolute Gasteiger partial charge is 0.454 e. The van der Waals surface area contributed by atoms with Gasteiger partial charge in [-0.2, -0.15) is 0 Å². The van der Waals surface area contributed by atoms with Crippen LogP contribution in [0.4, 0.5) is 0 Å². The van der Waals surface area contributed by atoms with Crippen LogP contribution in [0.3, 0.4) is 0 Å². The van der Waals surface area contributed by atoms with Gasteiger partial charge in [-0.25, -0.2) is 0 Å². The summed E-state index contributed by atoms with van der Waals surface area (Å²) in [7, 11) is 0. The number of carbonyl (C=O) groups excluding carboxylic acids is 1. The Bertz CT molecular complexity index is 1110. The summed E-state index contributed by atoms with van der Waals surface area (Å²) < 4.78 is 10.9. The van der Waals surface area contributed by atoms with E-state index in [-0.39, 0.29) is 12.6 Å². The van der Waals surface area contributed by atoms with Crippen molar-refractivity contribution in [2.75, 3.05) is 6.79 Å². The molecule has 5 rings (SSSR count). The number of hydrogen-bond acceptors (Lipinski definition) is 4. The topological polar surface area (TPSA) is 48.4 Å². The highest BCUT2D eigenvalue weighted by atomic mass is 16.7. The third kappa shape index (κ3) is 3.19. The minimum absolute atomic E-state index is 0.223. The van der Waals surface area contributed by atoms with Crippen LogP contribution in [0.2, 0.25) is 0 Å². The lowest BCUT2D eigenvalue weighted by molar-refractivity contribution is -0.120. The molecule has 0 N–H and O–H groups in total. The fourth-order valence-corrected chi connectivity index (χ4v) is 4.02. The predicted molar refractivity (Wildman–Crippen MR) is 111 cm³/mol. The van der Waals surface area contributed by atoms with Crippen LogP contribution in [0.25, 0.3) is 11.3 Å². The number of Topliss-reactive ketones (excluding diaryl/α,β-unsaturated/α-hetero) is 1. The molecule has 1 saturated carbocycles. The number of pyridine rings is 1. The number of ketones is 1. The fraction of sp³-hybridized carbons (Fsp3) is 0.280. The standard InChI is InChI=1S/C25H23NO3/c1-16-6-7-18(12-17(16)2)21-5-3-4-20(26-21)14-24(27)25(10-11-25)19-8-9-22-23(13-19)29-15-28-22/h3-9,12-13H,10-11,14-15H2,1-2H3. The number of hydrogen-bond donors (Lipinski definition) is 0. The average molecular weight is 385 g/mol. The van der Waals surface area contributed by atoms with Crippen molar-refractivity contribution < 1.29 is 14.3 Å². The third-order valence-electron chi connectivity index (χ3n) is 6.16. The van der Waals surface area contributed by atoms with E-state index in [1.165, 1.54) is 11.1 Å². The van der Waals surface area contributed by atoms with Crippen molar-refractivity contribution in [3.8, 4) is 22.8 Å². The molecule has 0 atom stereocenters. The van der Waals surface area contributed by atoms with Crippen molar-refractivity contribution in [1.82, 2.24) is 4.98 Å². The molecule has 1 aromatic heterocycles. The minimum Gasteiger partial charge on any atom is -0.454 e. The van der Waals surface area contributed by atoms with E-state index >= 15 is 0 Å². The Morgan fingerprint density at radius 2 is 1.79 bits per heavy atom. The maximum atomic E-state index is 13.2. The zero-order valence-corrected chi connectivity index (χ0v) is 16.7. The van der Waals surface area contributed by atoms with Crippen LogP contribution in [-0.4, -0.2) is 17.6 Å². The quantitative estimate of drug-likeness (QED) is 0.624. The molecule has 4 heteroatoms. The summed E-state index contributed by atoms with van der Waals surface area (Å²) in [6.07, 6.45) is 2.10. The Kier molecular flexibility index (Phi) is 4.16. The summed E-state index contributed by atoms with van der Waals surface area (Å²) in [6.45, 7) is 4.45. The number of carbonyl (C=O) groups is 1. The van der Waals surface area contributed by atoms with E-state index in [2.05, 4.69) is 32.0 Å². The Morgan fingerprint density at radius 3 is 2.59 bits per heavy atom. The SMILES string of the molecule is Cc1ccc(-c2cccc(CC(=O)C3(c4ccc5c(c4)OCO5)CC3)n2)cc1C. The molecule has 1 aliphatic carbocycles. The van der Waals surface area contributed by atoms with Crippen molar-refractivity contribution in [3.05, 3.63) is 77.0 Å². The first-order valence-corrected chi connectivity index (χ1v) is 10.0. The van der Waals surface area contributed by atoms with Gasteiger partial charge >= 0.3 is 0 Å². The molecule has 4 nitrogen and oxygen atoms in total. The second-order valence-electron chi connectivity index (χ2n) is 8.06. The van der Waals surface area contributed by atoms with Crippen LogP contribution >= 0.6 is 0 Å². The molecule has 0 unspecified atom stereocenters. The zero-order valence-electron chi connectivity index (χ0n) is 16.7. The Balaban J connectivity index is 1.39. The van der Waals surface area contributed by atoms with Gasteiger partial charge in [0.1, 0.15) is 5.78 Å². The highest BCUT2D eigenvalue weighted by Gasteiger charge is 2.50. The van der Waals surface area contributed by atoms with Crippen molar-refractivity contribution in [2.24, 2.45) is 0 Å². The fourth-order valence-electron chi connectivity index (χ4n) is 4.02. The third-order valence-corrected chi connectivity index (χ3v) is 6.16. The first-order chi connectivity index (χ1) is 14.0. The molecule has 0 amide bonds. The van der Waals surface area contributed by atoms with E-state index in [0.717, 1.165) is 46.9 Å². The van der Waals surface area contributed by atoms with Gasteiger partial charge in [-0.1, -0.05) is 24.3 Å². The second kappa shape index (κ2) is 6.73. The Labute approximate surface area is 170 Å². The highest BCUT2D eigenvalue weighted by molar-refractivity contribution is 5.94. The Morgan fingerprint density at radius 1 is 0.966 bits per heavy atom. The summed E-state index contributed by atoms with van der Waals surface area (Å²) in [5, 5.41) is 0. The molecule has 0 spiro atoms. The van der Waals surface area contributed by atoms with E-state index in [4.69, 9.17) is 14.5 Å². The molecule has 146 valence electrons. The van der Waals surface area contributed by atoms with Crippen molar-refractivity contribution in [3.63, 3.8) is 0 Å². The van der Waals surface area contributed by atoms with E-state index in [0.29, 0.717) is 6.42 Å². The van der Waals surface area contributed by atoms with Crippen LogP contribution in [0, 0.1) is 13.8 Å². The summed E-state index contributed by atoms with van der Waals surface area (Å²) in [5.41, 5.74) is 5.93. The smallest absolute Gasteiger partial charge is 0.231 e. The van der Waals surface area contributed by atoms with Gasteiger partial charge in [0.15, 0.2) is 11.5 Å². The molecular weight excluding hydrogens is 362 g/mol. The monoisotopic (exact) mass is 385 g/mol. The van der Waals surface area contributed by atoms with Crippen LogP contribution in [0.5, 0.6) is 11.5 Å². The number of fused-ring (bicyclic) bond motifs is 1. The number of aromatic nitrogens is 1. The van der Waals surface area contributed by atoms with Gasteiger partial charge in [0.2, 0.25) is 6.79 Å². The summed E-state index contributed by atoms with van der Waals surface area (Å²) in [4.78, 5) is 18.0. The number of rotatable bonds is 5. The molecule has 1 aliphatic heterocycles. The van der Waals surface area contributed by atoms with Crippen LogP contribution in [0.1, 0.15) is 35.2 Å². The van der Waals surface area contributed by atoms with E-state index in [9.17, 15) is 4.79 Å². The predicted octanol–water partition coefficient (Wildman–Crippen LogP) is 4.94. The van der Waals surface area contributed by atoms with Gasteiger partial charge in [-0.3, -0.25) is 9.78 Å². The van der Waals surface area contributed by atoms with Crippen molar-refractivity contribution >= 4 is 5.78 Å². The van der Waals surface area contributed by atoms with Crippen molar-refractivity contribution in [1.29, 1.82) is 0 Å². The summed E-state index contributed by atoms with van der Waals surface area (Å²) >= 11 is 0. The van der Waals surface area contributed by atoms with Gasteiger partial charge in [-0.15, -0.1) is 0 Å². The molecule has 3 aromatic rings. The highest BCUT2D eigenvalue weighted by Crippen LogP contribution is 2.51. The molecule has 0 bridgehead atoms. The summed E-state index contributed by atoms with van der Waals surface area (Å²) in [6, 6.07) is 18.2. The molecule has 29 heavy (non-hydrogen) atoms. The molecule has 0 saturated heterocycles. The lowest BCUT2D eigenvalue weighted by Gasteiger charge is -2.15. The van der Waals surface area contributed by atoms with Gasteiger partial charge in [0.05, 0.1) is 11.1 Å². The minimum atomic E-state index is -0.404. The number of aryl methyl sites for hydroxylation is 2. The van der Waals surface area contributed by atoms with E-state index in [1.807, 2.05) is 36.4 Å². The first kappa shape index (κ1) is 17.9. The van der Waals surface area contributed by atoms with E-state index < -0.39 is 5.41 Å². The lowest BCUT2D eigenvalue weighted by atomic mass is 9.88. The van der Waals surface area contributed by atoms with Crippen molar-refractivity contribution in [2.45, 2.75) is 38.5 Å². The number of benzene rings is 2. The molecule has 2 heterocycles. The molecule has 1 fully saturated rings. The molecule has 2 aliphatic rings. The number of nitrogens with zero attached hydrogens (tertiary/aromatic N) is 1. The molecule has 2 aromatic carbocycles. The van der Waals surface area contributed by atoms with E-state index in [1.54, 1.807) is 0 Å². The lowest BCUT2D eigenvalue weighted by Crippen LogP contribution is -2.23. The van der Waals surface area contributed by atoms with Crippen LogP contribution in [0.15, 0.2) is 54.6 Å². The zero-order chi connectivity index (χ0) is 20.0. The van der Waals surface area contributed by atoms with Crippen LogP contribution in [-0.2, 0) is 16.6 Å². The van der Waals surface area contributed by atoms with Gasteiger partial charge in [0.25, 0.3) is 0 Å². The molecule has 0 radical (unpaired) electrons. The van der Waals surface area contributed by atoms with Gasteiger partial charge in [-0.05, 0) is 73.7 Å². The van der Waals surface area contributed by atoms with Gasteiger partial charge < -0.3 is 9.47 Å².